The summed E-state index contributed by atoms with van der Waals surface area (Å²) >= 11 is 1.33. The second kappa shape index (κ2) is 13.9. The molecule has 7 nitrogen and oxygen atoms in total. The molecule has 0 amide bonds. The first kappa shape index (κ1) is 26.0. The number of aryl methyl sites for hydroxylation is 1. The lowest BCUT2D eigenvalue weighted by atomic mass is 10.1. The third-order valence-electron chi connectivity index (χ3n) is 6.03. The minimum Gasteiger partial charge on any atom is -0.504 e. The molecule has 186 valence electrons. The summed E-state index contributed by atoms with van der Waals surface area (Å²) in [6.45, 7) is 2.26. The summed E-state index contributed by atoms with van der Waals surface area (Å²) in [6.07, 6.45) is 22.1. The molecule has 0 fully saturated rings. The summed E-state index contributed by atoms with van der Waals surface area (Å²) < 4.78 is 1.73. The molecule has 3 rings (SSSR count). The summed E-state index contributed by atoms with van der Waals surface area (Å²) in [5.41, 5.74) is 0.523. The number of aromatic hydroxyl groups is 3. The van der Waals surface area contributed by atoms with Crippen LogP contribution in [-0.2, 0) is 6.42 Å². The molecule has 0 unspecified atom stereocenters. The Balaban J connectivity index is 1.31. The number of hydrogen-bond acceptors (Lipinski definition) is 7. The van der Waals surface area contributed by atoms with Gasteiger partial charge in [-0.1, -0.05) is 81.8 Å². The molecule has 0 saturated carbocycles. The number of phenolic OH excluding ortho intramolecular Hbond substituents is 3. The number of fused-ring (bicyclic) bond motifs is 1. The van der Waals surface area contributed by atoms with Crippen LogP contribution in [0.1, 0.15) is 96.2 Å². The Bertz CT molecular complexity index is 1020. The molecule has 3 N–H and O–H groups in total. The number of allylic oxidation sites excluding steroid dienone is 2. The molecule has 0 saturated heterocycles. The number of unbranched alkanes of at least 4 members (excludes halogenated alkanes) is 11. The van der Waals surface area contributed by atoms with E-state index in [1.165, 1.54) is 94.1 Å². The van der Waals surface area contributed by atoms with Crippen molar-refractivity contribution in [3.8, 4) is 27.8 Å². The highest BCUT2D eigenvalue weighted by Crippen LogP contribution is 2.39. The maximum atomic E-state index is 9.75. The average molecular weight is 487 g/mol. The topological polar surface area (TPSA) is 104 Å². The fourth-order valence-corrected chi connectivity index (χ4v) is 4.86. The molecule has 0 bridgehead atoms. The minimum atomic E-state index is -0.531. The van der Waals surface area contributed by atoms with E-state index >= 15 is 0 Å². The Hall–Kier alpha value is -2.61. The van der Waals surface area contributed by atoms with Crippen molar-refractivity contribution in [1.29, 1.82) is 0 Å². The van der Waals surface area contributed by atoms with E-state index in [1.54, 1.807) is 4.52 Å². The van der Waals surface area contributed by atoms with E-state index in [9.17, 15) is 15.3 Å². The summed E-state index contributed by atoms with van der Waals surface area (Å²) in [6, 6.07) is 2.76. The fraction of sp³-hybridized carbons (Fsp3) is 0.577. The van der Waals surface area contributed by atoms with E-state index < -0.39 is 5.75 Å². The van der Waals surface area contributed by atoms with Gasteiger partial charge in [-0.25, -0.2) is 0 Å². The monoisotopic (exact) mass is 486 g/mol. The van der Waals surface area contributed by atoms with Crippen LogP contribution in [0.2, 0.25) is 0 Å². The van der Waals surface area contributed by atoms with Crippen molar-refractivity contribution in [1.82, 2.24) is 19.8 Å². The van der Waals surface area contributed by atoms with Crippen LogP contribution < -0.4 is 0 Å². The van der Waals surface area contributed by atoms with E-state index in [4.69, 9.17) is 0 Å². The predicted octanol–water partition coefficient (Wildman–Crippen LogP) is 7.16. The molecule has 0 radical (unpaired) electrons. The second-order valence-corrected chi connectivity index (χ2v) is 9.87. The molecule has 0 aliphatic carbocycles. The Morgan fingerprint density at radius 1 is 0.794 bits per heavy atom. The molecule has 1 aromatic carbocycles. The summed E-state index contributed by atoms with van der Waals surface area (Å²) in [7, 11) is 0. The van der Waals surface area contributed by atoms with Gasteiger partial charge < -0.3 is 15.3 Å². The molecule has 2 aromatic heterocycles. The number of aromatic nitrogens is 4. The van der Waals surface area contributed by atoms with Crippen molar-refractivity contribution in [3.63, 3.8) is 0 Å². The zero-order valence-electron chi connectivity index (χ0n) is 20.2. The van der Waals surface area contributed by atoms with Crippen LogP contribution in [0.3, 0.4) is 0 Å². The van der Waals surface area contributed by atoms with E-state index in [0.717, 1.165) is 25.1 Å². The lowest BCUT2D eigenvalue weighted by Crippen LogP contribution is -1.96. The number of benzene rings is 1. The van der Waals surface area contributed by atoms with Crippen molar-refractivity contribution >= 4 is 16.3 Å². The molecular formula is C26H38N4O3S. The zero-order valence-corrected chi connectivity index (χ0v) is 21.1. The number of rotatable bonds is 16. The van der Waals surface area contributed by atoms with Gasteiger partial charge in [-0.05, 0) is 44.2 Å². The maximum Gasteiger partial charge on any atom is 0.234 e. The second-order valence-electron chi connectivity index (χ2n) is 8.92. The lowest BCUT2D eigenvalue weighted by molar-refractivity contribution is 0.368. The molecule has 2 heterocycles. The van der Waals surface area contributed by atoms with E-state index in [1.807, 2.05) is 0 Å². The summed E-state index contributed by atoms with van der Waals surface area (Å²) in [5, 5.41) is 42.6. The van der Waals surface area contributed by atoms with Crippen LogP contribution >= 0.6 is 11.3 Å². The number of nitrogens with zero attached hydrogens (tertiary/aromatic N) is 4. The Labute approximate surface area is 206 Å². The van der Waals surface area contributed by atoms with E-state index in [-0.39, 0.29) is 11.5 Å². The van der Waals surface area contributed by atoms with Gasteiger partial charge >= 0.3 is 0 Å². The van der Waals surface area contributed by atoms with Gasteiger partial charge in [-0.2, -0.15) is 9.61 Å². The van der Waals surface area contributed by atoms with Gasteiger partial charge in [-0.15, -0.1) is 10.2 Å². The van der Waals surface area contributed by atoms with Gasteiger partial charge in [0.05, 0.1) is 0 Å². The smallest absolute Gasteiger partial charge is 0.234 e. The highest BCUT2D eigenvalue weighted by atomic mass is 32.1. The Kier molecular flexibility index (Phi) is 10.7. The van der Waals surface area contributed by atoms with Crippen molar-refractivity contribution in [2.75, 3.05) is 0 Å². The largest absolute Gasteiger partial charge is 0.504 e. The normalized spacial score (nSPS) is 11.8. The molecule has 3 aromatic rings. The molecule has 0 aliphatic heterocycles. The number of phenols is 3. The first-order valence-electron chi connectivity index (χ1n) is 12.7. The molecule has 0 atom stereocenters. The zero-order chi connectivity index (χ0) is 24.2. The first-order valence-corrected chi connectivity index (χ1v) is 13.5. The molecule has 8 heteroatoms. The van der Waals surface area contributed by atoms with Crippen molar-refractivity contribution in [2.45, 2.75) is 96.8 Å². The molecular weight excluding hydrogens is 448 g/mol. The van der Waals surface area contributed by atoms with Gasteiger partial charge in [0, 0.05) is 12.0 Å². The quantitative estimate of drug-likeness (QED) is 0.113. The van der Waals surface area contributed by atoms with Gasteiger partial charge in [0.15, 0.2) is 23.1 Å². The van der Waals surface area contributed by atoms with Crippen LogP contribution in [-0.4, -0.2) is 35.1 Å². The minimum absolute atomic E-state index is 0.380. The maximum absolute atomic E-state index is 9.75. The fourth-order valence-electron chi connectivity index (χ4n) is 4.01. The van der Waals surface area contributed by atoms with Crippen LogP contribution in [0.15, 0.2) is 24.3 Å². The lowest BCUT2D eigenvalue weighted by Gasteiger charge is -2.03. The third kappa shape index (κ3) is 7.72. The van der Waals surface area contributed by atoms with Crippen LogP contribution in [0.25, 0.3) is 15.5 Å². The highest BCUT2D eigenvalue weighted by molar-refractivity contribution is 7.19. The van der Waals surface area contributed by atoms with Gasteiger partial charge in [0.1, 0.15) is 5.01 Å². The molecule has 0 spiro atoms. The van der Waals surface area contributed by atoms with Crippen molar-refractivity contribution in [2.24, 2.45) is 0 Å². The van der Waals surface area contributed by atoms with E-state index in [2.05, 4.69) is 34.4 Å². The van der Waals surface area contributed by atoms with Crippen molar-refractivity contribution < 1.29 is 15.3 Å². The van der Waals surface area contributed by atoms with Gasteiger partial charge in [0.2, 0.25) is 4.96 Å². The Morgan fingerprint density at radius 2 is 1.38 bits per heavy atom. The first-order chi connectivity index (χ1) is 16.6. The van der Waals surface area contributed by atoms with Crippen LogP contribution in [0.5, 0.6) is 17.2 Å². The standard InChI is InChI=1S/C26H38N4O3S/c1-2-3-4-5-6-7-8-9-10-11-12-13-14-15-16-17-23-27-28-26-30(23)29-25(34-26)20-18-21(31)24(33)22(32)19-20/h9-10,18-19,31-33H,2-8,11-17H2,1H3. The SMILES string of the molecule is CCCCCCCCC=CCCCCCCCc1nnc2sc(-c3cc(O)c(O)c(O)c3)nn12. The van der Waals surface area contributed by atoms with Crippen LogP contribution in [0.4, 0.5) is 0 Å². The third-order valence-corrected chi connectivity index (χ3v) is 6.98. The highest BCUT2D eigenvalue weighted by Gasteiger charge is 2.16. The van der Waals surface area contributed by atoms with E-state index in [0.29, 0.717) is 15.5 Å². The summed E-state index contributed by atoms with van der Waals surface area (Å²) in [4.78, 5) is 0.671. The number of hydrogen-bond donors (Lipinski definition) is 3. The molecule has 34 heavy (non-hydrogen) atoms. The van der Waals surface area contributed by atoms with Crippen molar-refractivity contribution in [3.05, 3.63) is 30.1 Å². The van der Waals surface area contributed by atoms with Crippen LogP contribution in [0, 0.1) is 0 Å². The average Bonchev–Trinajstić information content (AvgIpc) is 3.41. The van der Waals surface area contributed by atoms with Gasteiger partial charge in [0.25, 0.3) is 0 Å². The summed E-state index contributed by atoms with van der Waals surface area (Å²) in [5.74, 6) is -0.469. The predicted molar refractivity (Wildman–Crippen MR) is 138 cm³/mol. The molecule has 0 aliphatic rings. The Morgan fingerprint density at radius 3 is 2.03 bits per heavy atom. The van der Waals surface area contributed by atoms with Gasteiger partial charge in [-0.3, -0.25) is 0 Å².